The molecule has 1 fully saturated rings. The van der Waals surface area contributed by atoms with Crippen molar-refractivity contribution in [2.24, 2.45) is 5.73 Å². The highest BCUT2D eigenvalue weighted by Crippen LogP contribution is 2.28. The molecular weight excluding hydrogens is 292 g/mol. The van der Waals surface area contributed by atoms with Crippen molar-refractivity contribution in [1.29, 1.82) is 0 Å². The second-order valence-corrected chi connectivity index (χ2v) is 5.70. The van der Waals surface area contributed by atoms with Gasteiger partial charge in [0.05, 0.1) is 12.7 Å². The maximum Gasteiger partial charge on any atom is 0.0748 e. The van der Waals surface area contributed by atoms with Gasteiger partial charge in [-0.2, -0.15) is 0 Å². The van der Waals surface area contributed by atoms with E-state index in [1.807, 2.05) is 6.92 Å². The van der Waals surface area contributed by atoms with E-state index in [0.29, 0.717) is 6.10 Å². The van der Waals surface area contributed by atoms with Gasteiger partial charge in [0, 0.05) is 29.3 Å². The summed E-state index contributed by atoms with van der Waals surface area (Å²) in [6.07, 6.45) is 1.42. The molecule has 1 unspecified atom stereocenters. The SMILES string of the molecule is CCC1CN(c2ccc([C@@H](C)N)c(Br)c2)CCO1. The average Bonchev–Trinajstić information content (AvgIpc) is 2.38. The lowest BCUT2D eigenvalue weighted by Crippen LogP contribution is -2.42. The van der Waals surface area contributed by atoms with E-state index < -0.39 is 0 Å². The standard InChI is InChI=1S/C14H21BrN2O/c1-3-12-9-17(6-7-18-12)11-4-5-13(10(2)16)14(15)8-11/h4-5,8,10,12H,3,6-7,9,16H2,1-2H3/t10-,12?/m1/s1. The van der Waals surface area contributed by atoms with Crippen LogP contribution in [0.4, 0.5) is 5.69 Å². The number of halogens is 1. The summed E-state index contributed by atoms with van der Waals surface area (Å²) in [6.45, 7) is 6.91. The summed E-state index contributed by atoms with van der Waals surface area (Å²) in [5.74, 6) is 0. The average molecular weight is 313 g/mol. The minimum absolute atomic E-state index is 0.0569. The van der Waals surface area contributed by atoms with E-state index in [9.17, 15) is 0 Å². The van der Waals surface area contributed by atoms with Crippen LogP contribution in [0, 0.1) is 0 Å². The van der Waals surface area contributed by atoms with Gasteiger partial charge in [-0.1, -0.05) is 28.9 Å². The Morgan fingerprint density at radius 1 is 1.56 bits per heavy atom. The summed E-state index contributed by atoms with van der Waals surface area (Å²) in [5, 5.41) is 0. The normalized spacial score (nSPS) is 22.0. The molecular formula is C14H21BrN2O. The Bertz CT molecular complexity index is 409. The summed E-state index contributed by atoms with van der Waals surface area (Å²) in [4.78, 5) is 2.38. The topological polar surface area (TPSA) is 38.5 Å². The van der Waals surface area contributed by atoms with E-state index in [1.54, 1.807) is 0 Å². The minimum atomic E-state index is 0.0569. The Morgan fingerprint density at radius 3 is 2.94 bits per heavy atom. The molecule has 0 bridgehead atoms. The molecule has 0 amide bonds. The van der Waals surface area contributed by atoms with Gasteiger partial charge >= 0.3 is 0 Å². The Balaban J connectivity index is 2.16. The van der Waals surface area contributed by atoms with Crippen LogP contribution in [0.2, 0.25) is 0 Å². The first-order chi connectivity index (χ1) is 8.61. The predicted molar refractivity (Wildman–Crippen MR) is 79.0 cm³/mol. The molecule has 1 aromatic carbocycles. The fourth-order valence-corrected chi connectivity index (χ4v) is 3.01. The molecule has 0 aliphatic carbocycles. The molecule has 1 aromatic rings. The quantitative estimate of drug-likeness (QED) is 0.932. The van der Waals surface area contributed by atoms with Crippen LogP contribution >= 0.6 is 15.9 Å². The Morgan fingerprint density at radius 2 is 2.33 bits per heavy atom. The highest BCUT2D eigenvalue weighted by atomic mass is 79.9. The molecule has 2 rings (SSSR count). The first kappa shape index (κ1) is 13.8. The van der Waals surface area contributed by atoms with E-state index in [2.05, 4.69) is 46.0 Å². The van der Waals surface area contributed by atoms with Crippen molar-refractivity contribution in [2.75, 3.05) is 24.6 Å². The number of nitrogens with two attached hydrogens (primary N) is 1. The van der Waals surface area contributed by atoms with Crippen LogP contribution in [-0.2, 0) is 4.74 Å². The molecule has 0 saturated carbocycles. The fraction of sp³-hybridized carbons (Fsp3) is 0.571. The third kappa shape index (κ3) is 3.05. The van der Waals surface area contributed by atoms with Crippen LogP contribution in [-0.4, -0.2) is 25.8 Å². The Hall–Kier alpha value is -0.580. The van der Waals surface area contributed by atoms with Crippen molar-refractivity contribution in [2.45, 2.75) is 32.4 Å². The van der Waals surface area contributed by atoms with Gasteiger partial charge in [0.1, 0.15) is 0 Å². The molecule has 0 radical (unpaired) electrons. The number of hydrogen-bond acceptors (Lipinski definition) is 3. The van der Waals surface area contributed by atoms with Crippen molar-refractivity contribution in [3.63, 3.8) is 0 Å². The van der Waals surface area contributed by atoms with Gasteiger partial charge in [0.15, 0.2) is 0 Å². The molecule has 1 heterocycles. The molecule has 1 aliphatic rings. The number of morpholine rings is 1. The zero-order valence-corrected chi connectivity index (χ0v) is 12.6. The van der Waals surface area contributed by atoms with E-state index in [1.165, 1.54) is 5.69 Å². The van der Waals surface area contributed by atoms with Gasteiger partial charge < -0.3 is 15.4 Å². The number of ether oxygens (including phenoxy) is 1. The van der Waals surface area contributed by atoms with E-state index >= 15 is 0 Å². The number of hydrogen-bond donors (Lipinski definition) is 1. The van der Waals surface area contributed by atoms with E-state index in [-0.39, 0.29) is 6.04 Å². The molecule has 0 aromatic heterocycles. The third-order valence-corrected chi connectivity index (χ3v) is 4.12. The molecule has 1 aliphatic heterocycles. The van der Waals surface area contributed by atoms with Crippen LogP contribution in [0.15, 0.2) is 22.7 Å². The van der Waals surface area contributed by atoms with Crippen LogP contribution in [0.25, 0.3) is 0 Å². The van der Waals surface area contributed by atoms with Crippen molar-refractivity contribution < 1.29 is 4.74 Å². The zero-order chi connectivity index (χ0) is 13.1. The number of rotatable bonds is 3. The van der Waals surface area contributed by atoms with Gasteiger partial charge in [-0.3, -0.25) is 0 Å². The molecule has 4 heteroatoms. The molecule has 2 N–H and O–H groups in total. The maximum atomic E-state index is 5.92. The number of anilines is 1. The maximum absolute atomic E-state index is 5.92. The van der Waals surface area contributed by atoms with Crippen LogP contribution in [0.3, 0.4) is 0 Å². The highest BCUT2D eigenvalue weighted by Gasteiger charge is 2.19. The van der Waals surface area contributed by atoms with E-state index in [4.69, 9.17) is 10.5 Å². The van der Waals surface area contributed by atoms with Gasteiger partial charge in [-0.15, -0.1) is 0 Å². The Labute approximate surface area is 117 Å². The molecule has 18 heavy (non-hydrogen) atoms. The van der Waals surface area contributed by atoms with Crippen molar-refractivity contribution in [3.8, 4) is 0 Å². The monoisotopic (exact) mass is 312 g/mol. The minimum Gasteiger partial charge on any atom is -0.375 e. The lowest BCUT2D eigenvalue weighted by molar-refractivity contribution is 0.0384. The predicted octanol–water partition coefficient (Wildman–Crippen LogP) is 3.08. The van der Waals surface area contributed by atoms with Gasteiger partial charge in [0.2, 0.25) is 0 Å². The molecule has 2 atom stereocenters. The third-order valence-electron chi connectivity index (χ3n) is 3.43. The number of benzene rings is 1. The van der Waals surface area contributed by atoms with Crippen LogP contribution in [0.1, 0.15) is 31.9 Å². The van der Waals surface area contributed by atoms with E-state index in [0.717, 1.165) is 36.2 Å². The van der Waals surface area contributed by atoms with Crippen molar-refractivity contribution in [1.82, 2.24) is 0 Å². The molecule has 1 saturated heterocycles. The first-order valence-electron chi connectivity index (χ1n) is 6.53. The summed E-state index contributed by atoms with van der Waals surface area (Å²) < 4.78 is 6.79. The number of nitrogens with zero attached hydrogens (tertiary/aromatic N) is 1. The van der Waals surface area contributed by atoms with Crippen LogP contribution < -0.4 is 10.6 Å². The summed E-state index contributed by atoms with van der Waals surface area (Å²) in [6, 6.07) is 6.49. The Kier molecular flexibility index (Phi) is 4.65. The zero-order valence-electron chi connectivity index (χ0n) is 11.0. The lowest BCUT2D eigenvalue weighted by Gasteiger charge is -2.34. The fourth-order valence-electron chi connectivity index (χ4n) is 2.28. The lowest BCUT2D eigenvalue weighted by atomic mass is 10.1. The highest BCUT2D eigenvalue weighted by molar-refractivity contribution is 9.10. The largest absolute Gasteiger partial charge is 0.375 e. The van der Waals surface area contributed by atoms with Gasteiger partial charge in [-0.05, 0) is 31.0 Å². The molecule has 0 spiro atoms. The second-order valence-electron chi connectivity index (χ2n) is 4.84. The smallest absolute Gasteiger partial charge is 0.0748 e. The van der Waals surface area contributed by atoms with Gasteiger partial charge in [-0.25, -0.2) is 0 Å². The van der Waals surface area contributed by atoms with Gasteiger partial charge in [0.25, 0.3) is 0 Å². The summed E-state index contributed by atoms with van der Waals surface area (Å²) in [7, 11) is 0. The molecule has 100 valence electrons. The molecule has 3 nitrogen and oxygen atoms in total. The second kappa shape index (κ2) is 6.04. The summed E-state index contributed by atoms with van der Waals surface area (Å²) in [5.41, 5.74) is 8.32. The van der Waals surface area contributed by atoms with Crippen LogP contribution in [0.5, 0.6) is 0 Å². The van der Waals surface area contributed by atoms with Crippen molar-refractivity contribution in [3.05, 3.63) is 28.2 Å². The summed E-state index contributed by atoms with van der Waals surface area (Å²) >= 11 is 3.61. The van der Waals surface area contributed by atoms with Crippen molar-refractivity contribution >= 4 is 21.6 Å². The first-order valence-corrected chi connectivity index (χ1v) is 7.32.